The molecule has 0 aliphatic carbocycles. The Morgan fingerprint density at radius 2 is 2.00 bits per heavy atom. The number of nitrogens with zero attached hydrogens (tertiary/aromatic N) is 3. The van der Waals surface area contributed by atoms with Crippen LogP contribution in [0.25, 0.3) is 11.0 Å². The largest absolute Gasteiger partial charge is 0.481 e. The first-order valence-corrected chi connectivity index (χ1v) is 6.02. The summed E-state index contributed by atoms with van der Waals surface area (Å²) in [5, 5.41) is 19.6. The van der Waals surface area contributed by atoms with Gasteiger partial charge in [0, 0.05) is 18.8 Å². The van der Waals surface area contributed by atoms with Crippen LogP contribution >= 0.6 is 0 Å². The van der Waals surface area contributed by atoms with Gasteiger partial charge in [-0.15, -0.1) is 0 Å². The van der Waals surface area contributed by atoms with Crippen molar-refractivity contribution < 1.29 is 9.90 Å². The summed E-state index contributed by atoms with van der Waals surface area (Å²) < 4.78 is 0. The van der Waals surface area contributed by atoms with Gasteiger partial charge >= 0.3 is 5.97 Å². The molecule has 18 heavy (non-hydrogen) atoms. The second-order valence-corrected chi connectivity index (χ2v) is 4.60. The van der Waals surface area contributed by atoms with Gasteiger partial charge in [-0.3, -0.25) is 4.79 Å². The molecule has 0 unspecified atom stereocenters. The number of piperidine rings is 1. The van der Waals surface area contributed by atoms with E-state index in [4.69, 9.17) is 5.11 Å². The smallest absolute Gasteiger partial charge is 0.306 e. The average molecular weight is 246 g/mol. The van der Waals surface area contributed by atoms with Gasteiger partial charge in [0.2, 0.25) is 0 Å². The van der Waals surface area contributed by atoms with E-state index < -0.39 is 5.97 Å². The number of carboxylic acid groups (broad SMARTS) is 1. The van der Waals surface area contributed by atoms with Gasteiger partial charge in [0.15, 0.2) is 0 Å². The zero-order valence-corrected chi connectivity index (χ0v) is 9.83. The van der Waals surface area contributed by atoms with E-state index in [1.807, 2.05) is 18.2 Å². The minimum atomic E-state index is -0.679. The van der Waals surface area contributed by atoms with E-state index in [1.165, 1.54) is 0 Å². The second kappa shape index (κ2) is 4.29. The van der Waals surface area contributed by atoms with Crippen molar-refractivity contribution in [3.05, 3.63) is 18.2 Å². The van der Waals surface area contributed by atoms with Crippen LogP contribution < -0.4 is 4.90 Å². The number of hydrogen-bond acceptors (Lipinski definition) is 4. The first kappa shape index (κ1) is 11.0. The minimum Gasteiger partial charge on any atom is -0.481 e. The molecule has 1 aliphatic heterocycles. The third-order valence-corrected chi connectivity index (χ3v) is 3.51. The fraction of sp³-hybridized carbons (Fsp3) is 0.417. The Morgan fingerprint density at radius 3 is 2.72 bits per heavy atom. The standard InChI is InChI=1S/C12H14N4O2/c17-12(18)8-3-5-16(6-4-8)9-1-2-10-11(7-9)14-15-13-10/h1-2,7-8H,3-6H2,(H,17,18)(H,13,14,15). The summed E-state index contributed by atoms with van der Waals surface area (Å²) in [6.07, 6.45) is 1.40. The van der Waals surface area contributed by atoms with Crippen molar-refractivity contribution in [1.82, 2.24) is 15.4 Å². The van der Waals surface area contributed by atoms with Gasteiger partial charge in [-0.25, -0.2) is 0 Å². The molecule has 1 aromatic heterocycles. The first-order chi connectivity index (χ1) is 8.74. The zero-order valence-electron chi connectivity index (χ0n) is 9.83. The number of aromatic nitrogens is 3. The fourth-order valence-corrected chi connectivity index (χ4v) is 2.41. The predicted molar refractivity (Wildman–Crippen MR) is 66.5 cm³/mol. The molecule has 94 valence electrons. The molecular formula is C12H14N4O2. The van der Waals surface area contributed by atoms with Crippen LogP contribution in [0.1, 0.15) is 12.8 Å². The van der Waals surface area contributed by atoms with Crippen molar-refractivity contribution in [1.29, 1.82) is 0 Å². The van der Waals surface area contributed by atoms with Crippen molar-refractivity contribution >= 4 is 22.7 Å². The van der Waals surface area contributed by atoms with Gasteiger partial charge in [-0.1, -0.05) is 0 Å². The molecule has 3 rings (SSSR count). The molecule has 1 aromatic carbocycles. The number of carbonyl (C=O) groups is 1. The number of benzene rings is 1. The number of rotatable bonds is 2. The van der Waals surface area contributed by atoms with E-state index in [-0.39, 0.29) is 5.92 Å². The summed E-state index contributed by atoms with van der Waals surface area (Å²) in [5.74, 6) is -0.876. The van der Waals surface area contributed by atoms with Crippen LogP contribution in [0.5, 0.6) is 0 Å². The highest BCUT2D eigenvalue weighted by Gasteiger charge is 2.24. The van der Waals surface area contributed by atoms with Crippen LogP contribution in [-0.4, -0.2) is 39.6 Å². The quantitative estimate of drug-likeness (QED) is 0.833. The Bertz CT molecular complexity index is 572. The van der Waals surface area contributed by atoms with E-state index in [0.29, 0.717) is 12.8 Å². The van der Waals surface area contributed by atoms with Gasteiger partial charge in [-0.2, -0.15) is 15.4 Å². The maximum Gasteiger partial charge on any atom is 0.306 e. The topological polar surface area (TPSA) is 82.1 Å². The van der Waals surface area contributed by atoms with E-state index in [1.54, 1.807) is 0 Å². The first-order valence-electron chi connectivity index (χ1n) is 6.02. The highest BCUT2D eigenvalue weighted by atomic mass is 16.4. The van der Waals surface area contributed by atoms with Crippen molar-refractivity contribution in [2.24, 2.45) is 5.92 Å². The number of nitrogens with one attached hydrogen (secondary N) is 1. The van der Waals surface area contributed by atoms with Gasteiger partial charge in [0.05, 0.1) is 5.92 Å². The van der Waals surface area contributed by atoms with Gasteiger partial charge in [0.1, 0.15) is 11.0 Å². The fourth-order valence-electron chi connectivity index (χ4n) is 2.41. The Labute approximate surface area is 104 Å². The predicted octanol–water partition coefficient (Wildman–Crippen LogP) is 1.26. The van der Waals surface area contributed by atoms with Crippen LogP contribution in [0.4, 0.5) is 5.69 Å². The number of fused-ring (bicyclic) bond motifs is 1. The Balaban J connectivity index is 1.77. The van der Waals surface area contributed by atoms with Crippen molar-refractivity contribution in [3.63, 3.8) is 0 Å². The lowest BCUT2D eigenvalue weighted by atomic mass is 9.97. The number of hydrogen-bond donors (Lipinski definition) is 2. The maximum absolute atomic E-state index is 10.9. The number of anilines is 1. The molecule has 0 saturated carbocycles. The van der Waals surface area contributed by atoms with Crippen LogP contribution in [0, 0.1) is 5.92 Å². The number of H-pyrrole nitrogens is 1. The lowest BCUT2D eigenvalue weighted by Gasteiger charge is -2.31. The van der Waals surface area contributed by atoms with Crippen molar-refractivity contribution in [2.75, 3.05) is 18.0 Å². The Kier molecular flexibility index (Phi) is 2.62. The molecule has 6 nitrogen and oxygen atoms in total. The normalized spacial score (nSPS) is 17.2. The molecule has 0 amide bonds. The molecule has 0 radical (unpaired) electrons. The van der Waals surface area contributed by atoms with Crippen molar-refractivity contribution in [2.45, 2.75) is 12.8 Å². The number of aliphatic carboxylic acids is 1. The van der Waals surface area contributed by atoms with Crippen molar-refractivity contribution in [3.8, 4) is 0 Å². The maximum atomic E-state index is 10.9. The Morgan fingerprint density at radius 1 is 1.28 bits per heavy atom. The molecule has 2 heterocycles. The summed E-state index contributed by atoms with van der Waals surface area (Å²) in [6, 6.07) is 5.92. The highest BCUT2D eigenvalue weighted by Crippen LogP contribution is 2.25. The third kappa shape index (κ3) is 1.90. The summed E-state index contributed by atoms with van der Waals surface area (Å²) in [7, 11) is 0. The molecule has 0 spiro atoms. The molecular weight excluding hydrogens is 232 g/mol. The average Bonchev–Trinajstić information content (AvgIpc) is 2.86. The van der Waals surface area contributed by atoms with E-state index in [9.17, 15) is 4.79 Å². The van der Waals surface area contributed by atoms with Crippen LogP contribution in [0.3, 0.4) is 0 Å². The molecule has 1 aliphatic rings. The lowest BCUT2D eigenvalue weighted by molar-refractivity contribution is -0.142. The summed E-state index contributed by atoms with van der Waals surface area (Å²) in [4.78, 5) is 13.1. The summed E-state index contributed by atoms with van der Waals surface area (Å²) in [6.45, 7) is 1.56. The molecule has 2 aromatic rings. The number of carboxylic acids is 1. The SMILES string of the molecule is O=C(O)C1CCN(c2ccc3n[nH]nc3c2)CC1. The van der Waals surface area contributed by atoms with Crippen LogP contribution in [-0.2, 0) is 4.79 Å². The lowest BCUT2D eigenvalue weighted by Crippen LogP contribution is -2.36. The highest BCUT2D eigenvalue weighted by molar-refractivity contribution is 5.78. The molecule has 0 bridgehead atoms. The van der Waals surface area contributed by atoms with Gasteiger partial charge in [-0.05, 0) is 31.0 Å². The molecule has 1 fully saturated rings. The summed E-state index contributed by atoms with van der Waals surface area (Å²) >= 11 is 0. The van der Waals surface area contributed by atoms with Gasteiger partial charge < -0.3 is 10.0 Å². The van der Waals surface area contributed by atoms with Gasteiger partial charge in [0.25, 0.3) is 0 Å². The van der Waals surface area contributed by atoms with Crippen LogP contribution in [0.2, 0.25) is 0 Å². The monoisotopic (exact) mass is 246 g/mol. The molecule has 2 N–H and O–H groups in total. The zero-order chi connectivity index (χ0) is 12.5. The van der Waals surface area contributed by atoms with Crippen LogP contribution in [0.15, 0.2) is 18.2 Å². The second-order valence-electron chi connectivity index (χ2n) is 4.60. The van der Waals surface area contributed by atoms with E-state index in [2.05, 4.69) is 20.3 Å². The molecule has 1 saturated heterocycles. The van der Waals surface area contributed by atoms with E-state index >= 15 is 0 Å². The minimum absolute atomic E-state index is 0.197. The number of aromatic amines is 1. The third-order valence-electron chi connectivity index (χ3n) is 3.51. The molecule has 6 heteroatoms. The molecule has 0 atom stereocenters. The summed E-state index contributed by atoms with van der Waals surface area (Å²) in [5.41, 5.74) is 2.77. The van der Waals surface area contributed by atoms with E-state index in [0.717, 1.165) is 29.8 Å². The Hall–Kier alpha value is -2.11.